The van der Waals surface area contributed by atoms with Crippen LogP contribution >= 0.6 is 11.8 Å². The van der Waals surface area contributed by atoms with Crippen molar-refractivity contribution in [1.29, 1.82) is 0 Å². The van der Waals surface area contributed by atoms with E-state index in [4.69, 9.17) is 9.73 Å². The van der Waals surface area contributed by atoms with Crippen molar-refractivity contribution in [1.82, 2.24) is 9.80 Å². The number of ether oxygens (including phenoxy) is 1. The maximum atomic E-state index is 13.9. The number of likely N-dealkylation sites (N-methyl/N-ethyl adjacent to an activating group) is 1. The number of hydrogen-bond acceptors (Lipinski definition) is 5. The Labute approximate surface area is 219 Å². The Morgan fingerprint density at radius 3 is 2.27 bits per heavy atom. The number of hydrogen-bond donors (Lipinski definition) is 0. The third-order valence-corrected chi connectivity index (χ3v) is 7.65. The predicted molar refractivity (Wildman–Crippen MR) is 146 cm³/mol. The SMILES string of the molecule is COc1ccc(C2=CSC3=NC4=C(CN(C)C/C4=C\c4ccc(F)cc4)[C@H](c4ccc(F)cc4)N23)cc1. The fraction of sp³-hybridized carbons (Fsp3) is 0.167. The first-order valence-electron chi connectivity index (χ1n) is 12.0. The summed E-state index contributed by atoms with van der Waals surface area (Å²) in [6, 6.07) is 21.1. The topological polar surface area (TPSA) is 28.1 Å². The van der Waals surface area contributed by atoms with E-state index >= 15 is 0 Å². The fourth-order valence-corrected chi connectivity index (χ4v) is 6.03. The standard InChI is InChI=1S/C30H25F2N3OS/c1-34-16-22(15-19-3-9-23(31)10-4-19)28-26(17-34)29(21-5-11-24(32)12-6-21)35-27(18-37-30(35)33-28)20-7-13-25(36-2)14-8-20/h3-15,18,29H,16-17H2,1-2H3/b22-15+/t29-/m0/s1. The van der Waals surface area contributed by atoms with E-state index in [0.717, 1.165) is 63.2 Å². The molecule has 0 saturated heterocycles. The first kappa shape index (κ1) is 23.7. The quantitative estimate of drug-likeness (QED) is 0.387. The molecule has 0 saturated carbocycles. The summed E-state index contributed by atoms with van der Waals surface area (Å²) < 4.78 is 32.8. The van der Waals surface area contributed by atoms with Gasteiger partial charge >= 0.3 is 0 Å². The van der Waals surface area contributed by atoms with E-state index < -0.39 is 0 Å². The van der Waals surface area contributed by atoms with Crippen molar-refractivity contribution < 1.29 is 13.5 Å². The summed E-state index contributed by atoms with van der Waals surface area (Å²) in [6.07, 6.45) is 2.09. The van der Waals surface area contributed by atoms with Crippen LogP contribution in [0.4, 0.5) is 8.78 Å². The molecule has 3 aromatic rings. The average Bonchev–Trinajstić information content (AvgIpc) is 3.33. The molecule has 3 aliphatic rings. The molecule has 7 heteroatoms. The van der Waals surface area contributed by atoms with Crippen molar-refractivity contribution in [3.8, 4) is 5.75 Å². The largest absolute Gasteiger partial charge is 0.497 e. The van der Waals surface area contributed by atoms with Crippen LogP contribution in [0.1, 0.15) is 22.7 Å². The molecular formula is C30H25F2N3OS. The van der Waals surface area contributed by atoms with E-state index in [-0.39, 0.29) is 17.7 Å². The van der Waals surface area contributed by atoms with Crippen LogP contribution in [0.3, 0.4) is 0 Å². The van der Waals surface area contributed by atoms with E-state index in [1.165, 1.54) is 24.3 Å². The summed E-state index contributed by atoms with van der Waals surface area (Å²) in [5, 5.41) is 3.01. The molecule has 3 aliphatic heterocycles. The molecule has 37 heavy (non-hydrogen) atoms. The van der Waals surface area contributed by atoms with E-state index in [1.807, 2.05) is 36.4 Å². The smallest absolute Gasteiger partial charge is 0.174 e. The number of methoxy groups -OCH3 is 1. The van der Waals surface area contributed by atoms with E-state index in [2.05, 4.69) is 28.3 Å². The highest BCUT2D eigenvalue weighted by atomic mass is 32.2. The van der Waals surface area contributed by atoms with Gasteiger partial charge in [-0.05, 0) is 89.5 Å². The number of fused-ring (bicyclic) bond motifs is 1. The van der Waals surface area contributed by atoms with Gasteiger partial charge in [-0.3, -0.25) is 4.90 Å². The third-order valence-electron chi connectivity index (χ3n) is 6.81. The van der Waals surface area contributed by atoms with Crippen molar-refractivity contribution in [2.45, 2.75) is 6.04 Å². The van der Waals surface area contributed by atoms with Gasteiger partial charge in [-0.15, -0.1) is 0 Å². The van der Waals surface area contributed by atoms with Crippen molar-refractivity contribution in [3.63, 3.8) is 0 Å². The maximum Gasteiger partial charge on any atom is 0.174 e. The highest BCUT2D eigenvalue weighted by Crippen LogP contribution is 2.49. The van der Waals surface area contributed by atoms with Crippen LogP contribution in [-0.4, -0.2) is 42.2 Å². The van der Waals surface area contributed by atoms with Gasteiger partial charge in [0, 0.05) is 18.5 Å². The molecule has 0 unspecified atom stereocenters. The number of benzene rings is 3. The van der Waals surface area contributed by atoms with Gasteiger partial charge in [-0.2, -0.15) is 0 Å². The highest BCUT2D eigenvalue weighted by Gasteiger charge is 2.41. The normalized spacial score (nSPS) is 20.5. The van der Waals surface area contributed by atoms with Crippen molar-refractivity contribution in [2.75, 3.05) is 27.2 Å². The molecule has 0 aliphatic carbocycles. The fourth-order valence-electron chi connectivity index (χ4n) is 5.10. The minimum atomic E-state index is -0.262. The lowest BCUT2D eigenvalue weighted by Gasteiger charge is -2.42. The predicted octanol–water partition coefficient (Wildman–Crippen LogP) is 6.71. The number of rotatable bonds is 4. The zero-order valence-corrected chi connectivity index (χ0v) is 21.3. The van der Waals surface area contributed by atoms with Crippen LogP contribution in [0, 0.1) is 11.6 Å². The molecular weight excluding hydrogens is 488 g/mol. The molecule has 6 rings (SSSR count). The molecule has 0 aromatic heterocycles. The van der Waals surface area contributed by atoms with Gasteiger partial charge in [0.1, 0.15) is 17.4 Å². The van der Waals surface area contributed by atoms with Gasteiger partial charge in [0.2, 0.25) is 0 Å². The number of aliphatic imine (C=N–C) groups is 1. The lowest BCUT2D eigenvalue weighted by Crippen LogP contribution is -2.40. The average molecular weight is 514 g/mol. The minimum absolute atomic E-state index is 0.147. The molecule has 3 heterocycles. The van der Waals surface area contributed by atoms with Crippen LogP contribution in [-0.2, 0) is 0 Å². The van der Waals surface area contributed by atoms with Gasteiger partial charge in [0.15, 0.2) is 5.17 Å². The molecule has 0 N–H and O–H groups in total. The number of halogens is 2. The van der Waals surface area contributed by atoms with E-state index in [0.29, 0.717) is 0 Å². The third kappa shape index (κ3) is 4.49. The second-order valence-electron chi connectivity index (χ2n) is 9.34. The Hall–Kier alpha value is -3.68. The van der Waals surface area contributed by atoms with E-state index in [1.54, 1.807) is 31.0 Å². The van der Waals surface area contributed by atoms with Gasteiger partial charge in [-0.25, -0.2) is 13.8 Å². The Morgan fingerprint density at radius 1 is 0.919 bits per heavy atom. The molecule has 4 nitrogen and oxygen atoms in total. The summed E-state index contributed by atoms with van der Waals surface area (Å²) in [7, 11) is 3.74. The van der Waals surface area contributed by atoms with Gasteiger partial charge in [0.05, 0.1) is 24.5 Å². The summed E-state index contributed by atoms with van der Waals surface area (Å²) in [4.78, 5) is 9.68. The number of nitrogens with zero attached hydrogens (tertiary/aromatic N) is 3. The summed E-state index contributed by atoms with van der Waals surface area (Å²) in [6.45, 7) is 1.46. The number of amidine groups is 1. The van der Waals surface area contributed by atoms with Crippen LogP contribution in [0.5, 0.6) is 5.75 Å². The van der Waals surface area contributed by atoms with Gasteiger partial charge < -0.3 is 9.64 Å². The lowest BCUT2D eigenvalue weighted by atomic mass is 9.88. The van der Waals surface area contributed by atoms with Crippen molar-refractivity contribution in [3.05, 3.63) is 123 Å². The van der Waals surface area contributed by atoms with Crippen LogP contribution < -0.4 is 4.74 Å². The second-order valence-corrected chi connectivity index (χ2v) is 10.2. The zero-order valence-electron chi connectivity index (χ0n) is 20.5. The van der Waals surface area contributed by atoms with Crippen LogP contribution in [0.15, 0.2) is 100 Å². The molecule has 0 radical (unpaired) electrons. The maximum absolute atomic E-state index is 13.9. The van der Waals surface area contributed by atoms with Crippen LogP contribution in [0.2, 0.25) is 0 Å². The Kier molecular flexibility index (Phi) is 6.18. The lowest BCUT2D eigenvalue weighted by molar-refractivity contribution is 0.344. The van der Waals surface area contributed by atoms with Crippen molar-refractivity contribution in [2.24, 2.45) is 4.99 Å². The first-order valence-corrected chi connectivity index (χ1v) is 12.9. The molecule has 0 fully saturated rings. The minimum Gasteiger partial charge on any atom is -0.497 e. The molecule has 186 valence electrons. The number of thioether (sulfide) groups is 1. The van der Waals surface area contributed by atoms with Crippen molar-refractivity contribution >= 4 is 28.7 Å². The van der Waals surface area contributed by atoms with Gasteiger partial charge in [-0.1, -0.05) is 36.0 Å². The zero-order chi connectivity index (χ0) is 25.5. The monoisotopic (exact) mass is 513 g/mol. The summed E-state index contributed by atoms with van der Waals surface area (Å²) in [5.41, 5.74) is 7.22. The Morgan fingerprint density at radius 2 is 1.59 bits per heavy atom. The van der Waals surface area contributed by atoms with Crippen LogP contribution in [0.25, 0.3) is 11.8 Å². The second kappa shape index (κ2) is 9.65. The first-order chi connectivity index (χ1) is 18.0. The summed E-state index contributed by atoms with van der Waals surface area (Å²) in [5.74, 6) is 0.279. The molecule has 0 bridgehead atoms. The molecule has 3 aromatic carbocycles. The highest BCUT2D eigenvalue weighted by molar-refractivity contribution is 8.16. The Balaban J connectivity index is 1.49. The molecule has 0 amide bonds. The molecule has 1 atom stereocenters. The Bertz CT molecular complexity index is 1460. The molecule has 0 spiro atoms. The van der Waals surface area contributed by atoms with E-state index in [9.17, 15) is 8.78 Å². The summed E-state index contributed by atoms with van der Waals surface area (Å²) >= 11 is 1.59. The van der Waals surface area contributed by atoms with Gasteiger partial charge in [0.25, 0.3) is 0 Å².